The molecule has 0 radical (unpaired) electrons. The van der Waals surface area contributed by atoms with E-state index < -0.39 is 0 Å². The van der Waals surface area contributed by atoms with Crippen LogP contribution in [0, 0.1) is 0 Å². The van der Waals surface area contributed by atoms with E-state index in [-0.39, 0.29) is 0 Å². The van der Waals surface area contributed by atoms with Crippen LogP contribution in [0.5, 0.6) is 0 Å². The van der Waals surface area contributed by atoms with Crippen molar-refractivity contribution in [1.82, 2.24) is 20.1 Å². The number of aromatic nitrogens is 4. The molecular formula is C15H18N4O. The van der Waals surface area contributed by atoms with Gasteiger partial charge in [-0.3, -0.25) is 0 Å². The first-order chi connectivity index (χ1) is 9.80. The third kappa shape index (κ3) is 2.43. The van der Waals surface area contributed by atoms with Gasteiger partial charge in [0.05, 0.1) is 17.5 Å². The lowest BCUT2D eigenvalue weighted by Gasteiger charge is -2.04. The maximum absolute atomic E-state index is 5.35. The highest BCUT2D eigenvalue weighted by Crippen LogP contribution is 2.21. The minimum Gasteiger partial charge on any atom is -0.342 e. The van der Waals surface area contributed by atoms with Gasteiger partial charge in [-0.05, 0) is 25.0 Å². The molecule has 3 rings (SSSR count). The molecule has 104 valence electrons. The standard InChI is InChI=1S/C15H18N4O/c1-3-10(4-2)15-18-14(19-20-15)9-13-16-11-7-5-6-8-12(11)17-13/h5-8,10H,3-4,9H2,1-2H3,(H,16,17). The maximum Gasteiger partial charge on any atom is 0.229 e. The van der Waals surface area contributed by atoms with Crippen molar-refractivity contribution in [2.45, 2.75) is 39.0 Å². The average molecular weight is 270 g/mol. The Kier molecular flexibility index (Phi) is 3.50. The number of fused-ring (bicyclic) bond motifs is 1. The van der Waals surface area contributed by atoms with E-state index in [1.807, 2.05) is 24.3 Å². The van der Waals surface area contributed by atoms with Crippen molar-refractivity contribution in [1.29, 1.82) is 0 Å². The molecule has 1 aromatic carbocycles. The number of rotatable bonds is 5. The molecule has 20 heavy (non-hydrogen) atoms. The third-order valence-corrected chi connectivity index (χ3v) is 3.58. The summed E-state index contributed by atoms with van der Waals surface area (Å²) in [5.41, 5.74) is 2.00. The number of nitrogens with zero attached hydrogens (tertiary/aromatic N) is 3. The molecule has 2 aromatic heterocycles. The number of para-hydroxylation sites is 2. The van der Waals surface area contributed by atoms with Gasteiger partial charge in [0.25, 0.3) is 0 Å². The lowest BCUT2D eigenvalue weighted by atomic mass is 10.0. The molecule has 0 saturated heterocycles. The second kappa shape index (κ2) is 5.45. The van der Waals surface area contributed by atoms with Crippen molar-refractivity contribution in [3.8, 4) is 0 Å². The van der Waals surface area contributed by atoms with Gasteiger partial charge in [-0.2, -0.15) is 4.98 Å². The van der Waals surface area contributed by atoms with Crippen molar-refractivity contribution in [2.24, 2.45) is 0 Å². The zero-order valence-electron chi connectivity index (χ0n) is 11.8. The normalized spacial score (nSPS) is 11.6. The molecule has 0 amide bonds. The fraction of sp³-hybridized carbons (Fsp3) is 0.400. The van der Waals surface area contributed by atoms with E-state index in [4.69, 9.17) is 4.52 Å². The molecule has 0 aliphatic heterocycles. The molecule has 0 spiro atoms. The van der Waals surface area contributed by atoms with Crippen LogP contribution in [0.25, 0.3) is 11.0 Å². The van der Waals surface area contributed by atoms with Crippen LogP contribution < -0.4 is 0 Å². The summed E-state index contributed by atoms with van der Waals surface area (Å²) in [7, 11) is 0. The summed E-state index contributed by atoms with van der Waals surface area (Å²) in [4.78, 5) is 12.3. The first-order valence-electron chi connectivity index (χ1n) is 7.06. The van der Waals surface area contributed by atoms with Gasteiger partial charge in [0, 0.05) is 5.92 Å². The minimum atomic E-state index is 0.354. The molecule has 0 bridgehead atoms. The molecule has 0 aliphatic carbocycles. The molecule has 3 aromatic rings. The van der Waals surface area contributed by atoms with E-state index in [0.29, 0.717) is 18.2 Å². The van der Waals surface area contributed by atoms with Crippen molar-refractivity contribution < 1.29 is 4.52 Å². The number of aromatic amines is 1. The zero-order chi connectivity index (χ0) is 13.9. The van der Waals surface area contributed by atoms with E-state index in [1.54, 1.807) is 0 Å². The van der Waals surface area contributed by atoms with Crippen LogP contribution in [-0.4, -0.2) is 20.1 Å². The van der Waals surface area contributed by atoms with Gasteiger partial charge in [0.2, 0.25) is 5.89 Å². The highest BCUT2D eigenvalue weighted by atomic mass is 16.5. The smallest absolute Gasteiger partial charge is 0.229 e. The van der Waals surface area contributed by atoms with Gasteiger partial charge < -0.3 is 9.51 Å². The number of hydrogen-bond donors (Lipinski definition) is 1. The molecule has 0 saturated carbocycles. The predicted molar refractivity (Wildman–Crippen MR) is 76.5 cm³/mol. The second-order valence-electron chi connectivity index (χ2n) is 4.94. The van der Waals surface area contributed by atoms with Crippen LogP contribution in [0.1, 0.15) is 50.1 Å². The minimum absolute atomic E-state index is 0.354. The fourth-order valence-electron chi connectivity index (χ4n) is 2.38. The monoisotopic (exact) mass is 270 g/mol. The van der Waals surface area contributed by atoms with E-state index in [9.17, 15) is 0 Å². The average Bonchev–Trinajstić information content (AvgIpc) is 3.07. The summed E-state index contributed by atoms with van der Waals surface area (Å²) >= 11 is 0. The number of imidazole rings is 1. The summed E-state index contributed by atoms with van der Waals surface area (Å²) < 4.78 is 5.35. The Morgan fingerprint density at radius 2 is 1.95 bits per heavy atom. The molecule has 5 nitrogen and oxygen atoms in total. The zero-order valence-corrected chi connectivity index (χ0v) is 11.8. The molecule has 1 N–H and O–H groups in total. The van der Waals surface area contributed by atoms with E-state index >= 15 is 0 Å². The Balaban J connectivity index is 1.80. The van der Waals surface area contributed by atoms with Crippen LogP contribution in [0.2, 0.25) is 0 Å². The van der Waals surface area contributed by atoms with Crippen molar-refractivity contribution in [3.05, 3.63) is 41.8 Å². The van der Waals surface area contributed by atoms with Crippen LogP contribution in [-0.2, 0) is 6.42 Å². The number of H-pyrrole nitrogens is 1. The van der Waals surface area contributed by atoms with Gasteiger partial charge in [-0.25, -0.2) is 4.98 Å². The van der Waals surface area contributed by atoms with Crippen LogP contribution in [0.15, 0.2) is 28.8 Å². The summed E-state index contributed by atoms with van der Waals surface area (Å²) in [5.74, 6) is 2.64. The predicted octanol–water partition coefficient (Wildman–Crippen LogP) is 3.44. The maximum atomic E-state index is 5.35. The number of nitrogens with one attached hydrogen (secondary N) is 1. The molecule has 0 atom stereocenters. The van der Waals surface area contributed by atoms with Crippen molar-refractivity contribution in [2.75, 3.05) is 0 Å². The number of hydrogen-bond acceptors (Lipinski definition) is 4. The largest absolute Gasteiger partial charge is 0.342 e. The van der Waals surface area contributed by atoms with Crippen molar-refractivity contribution >= 4 is 11.0 Å². The van der Waals surface area contributed by atoms with Gasteiger partial charge in [-0.1, -0.05) is 31.1 Å². The lowest BCUT2D eigenvalue weighted by Crippen LogP contribution is -1.97. The Morgan fingerprint density at radius 3 is 2.70 bits per heavy atom. The summed E-state index contributed by atoms with van der Waals surface area (Å²) in [6.45, 7) is 4.27. The topological polar surface area (TPSA) is 67.6 Å². The van der Waals surface area contributed by atoms with Crippen molar-refractivity contribution in [3.63, 3.8) is 0 Å². The Labute approximate surface area is 117 Å². The summed E-state index contributed by atoms with van der Waals surface area (Å²) in [6, 6.07) is 7.97. The highest BCUT2D eigenvalue weighted by molar-refractivity contribution is 5.74. The Morgan fingerprint density at radius 1 is 1.15 bits per heavy atom. The van der Waals surface area contributed by atoms with Gasteiger partial charge in [0.15, 0.2) is 5.82 Å². The van der Waals surface area contributed by atoms with Gasteiger partial charge in [-0.15, -0.1) is 0 Å². The van der Waals surface area contributed by atoms with E-state index in [1.165, 1.54) is 0 Å². The molecular weight excluding hydrogens is 252 g/mol. The third-order valence-electron chi connectivity index (χ3n) is 3.58. The first kappa shape index (κ1) is 12.8. The van der Waals surface area contributed by atoms with Gasteiger partial charge in [0.1, 0.15) is 5.82 Å². The molecule has 0 fully saturated rings. The highest BCUT2D eigenvalue weighted by Gasteiger charge is 2.16. The first-order valence-corrected chi connectivity index (χ1v) is 7.06. The summed E-state index contributed by atoms with van der Waals surface area (Å²) in [5, 5.41) is 4.05. The van der Waals surface area contributed by atoms with Gasteiger partial charge >= 0.3 is 0 Å². The van der Waals surface area contributed by atoms with E-state index in [2.05, 4.69) is 34.0 Å². The Hall–Kier alpha value is -2.17. The fourth-order valence-corrected chi connectivity index (χ4v) is 2.38. The molecule has 0 aliphatic rings. The van der Waals surface area contributed by atoms with Crippen LogP contribution in [0.4, 0.5) is 0 Å². The van der Waals surface area contributed by atoms with E-state index in [0.717, 1.165) is 35.6 Å². The van der Waals surface area contributed by atoms with Crippen LogP contribution >= 0.6 is 0 Å². The molecule has 0 unspecified atom stereocenters. The molecule has 2 heterocycles. The Bertz CT molecular complexity index is 664. The van der Waals surface area contributed by atoms with Crippen LogP contribution in [0.3, 0.4) is 0 Å². The quantitative estimate of drug-likeness (QED) is 0.771. The number of benzene rings is 1. The molecule has 5 heteroatoms. The summed E-state index contributed by atoms with van der Waals surface area (Å²) in [6.07, 6.45) is 2.60. The second-order valence-corrected chi connectivity index (χ2v) is 4.94. The SMILES string of the molecule is CCC(CC)c1nc(Cc2nc3ccccc3[nH]2)no1. The lowest BCUT2D eigenvalue weighted by molar-refractivity contribution is 0.343.